The summed E-state index contributed by atoms with van der Waals surface area (Å²) >= 11 is 0. The van der Waals surface area contributed by atoms with Gasteiger partial charge in [0.1, 0.15) is 6.10 Å². The number of rotatable bonds is 4. The molecule has 2 rings (SSSR count). The minimum absolute atomic E-state index is 0.0125. The smallest absolute Gasteiger partial charge is 0.105 e. The highest BCUT2D eigenvalue weighted by Gasteiger charge is 2.27. The number of fused-ring (bicyclic) bond motifs is 1. The van der Waals surface area contributed by atoms with Gasteiger partial charge in [-0.25, -0.2) is 0 Å². The Morgan fingerprint density at radius 1 is 1.38 bits per heavy atom. The lowest BCUT2D eigenvalue weighted by molar-refractivity contribution is -0.0490. The summed E-state index contributed by atoms with van der Waals surface area (Å²) in [6.07, 6.45) is 3.71. The van der Waals surface area contributed by atoms with Gasteiger partial charge in [-0.2, -0.15) is 0 Å². The topological polar surface area (TPSA) is 29.5 Å². The van der Waals surface area contributed by atoms with Crippen molar-refractivity contribution in [3.63, 3.8) is 0 Å². The number of hydrogen-bond donors (Lipinski definition) is 1. The van der Waals surface area contributed by atoms with Gasteiger partial charge in [-0.15, -0.1) is 0 Å². The molecule has 1 aliphatic carbocycles. The van der Waals surface area contributed by atoms with Gasteiger partial charge in [-0.3, -0.25) is 0 Å². The molecule has 0 fully saturated rings. The van der Waals surface area contributed by atoms with Gasteiger partial charge in [-0.05, 0) is 30.4 Å². The molecule has 0 aromatic heterocycles. The molecule has 2 nitrogen and oxygen atoms in total. The van der Waals surface area contributed by atoms with E-state index in [1.54, 1.807) is 0 Å². The van der Waals surface area contributed by atoms with Gasteiger partial charge in [0.15, 0.2) is 0 Å². The predicted octanol–water partition coefficient (Wildman–Crippen LogP) is 2.85. The molecule has 2 unspecified atom stereocenters. The Morgan fingerprint density at radius 2 is 2.19 bits per heavy atom. The Labute approximate surface area is 97.3 Å². The maximum Gasteiger partial charge on any atom is 0.105 e. The predicted molar refractivity (Wildman–Crippen MR) is 64.4 cm³/mol. The van der Waals surface area contributed by atoms with Crippen LogP contribution >= 0.6 is 0 Å². The highest BCUT2D eigenvalue weighted by atomic mass is 16.5. The number of aliphatic hydroxyl groups is 1. The normalized spacial score (nSPS) is 24.1. The maximum atomic E-state index is 10.2. The third-order valence-corrected chi connectivity index (χ3v) is 3.25. The minimum Gasteiger partial charge on any atom is -0.386 e. The molecule has 16 heavy (non-hydrogen) atoms. The molecule has 0 radical (unpaired) electrons. The van der Waals surface area contributed by atoms with Gasteiger partial charge in [-0.1, -0.05) is 37.6 Å². The van der Waals surface area contributed by atoms with Crippen molar-refractivity contribution in [1.29, 1.82) is 0 Å². The number of benzene rings is 1. The molecule has 0 spiro atoms. The van der Waals surface area contributed by atoms with Crippen molar-refractivity contribution in [3.05, 3.63) is 35.4 Å². The van der Waals surface area contributed by atoms with Crippen molar-refractivity contribution in [1.82, 2.24) is 0 Å². The summed E-state index contributed by atoms with van der Waals surface area (Å²) in [5.74, 6) is 0. The molecule has 1 N–H and O–H groups in total. The van der Waals surface area contributed by atoms with Crippen LogP contribution in [0.25, 0.3) is 0 Å². The number of aryl methyl sites for hydroxylation is 1. The average Bonchev–Trinajstić information content (AvgIpc) is 2.33. The molecular weight excluding hydrogens is 200 g/mol. The molecule has 0 saturated carbocycles. The van der Waals surface area contributed by atoms with Crippen LogP contribution in [0.4, 0.5) is 0 Å². The summed E-state index contributed by atoms with van der Waals surface area (Å²) in [5, 5.41) is 10.2. The Hall–Kier alpha value is -0.860. The van der Waals surface area contributed by atoms with Crippen LogP contribution in [0.1, 0.15) is 43.4 Å². The summed E-state index contributed by atoms with van der Waals surface area (Å²) in [5.41, 5.74) is 2.32. The molecule has 1 aromatic rings. The maximum absolute atomic E-state index is 10.2. The number of aliphatic hydroxyl groups excluding tert-OH is 1. The van der Waals surface area contributed by atoms with Crippen LogP contribution in [0.3, 0.4) is 0 Å². The fourth-order valence-corrected chi connectivity index (χ4v) is 2.26. The molecule has 1 aliphatic rings. The third-order valence-electron chi connectivity index (χ3n) is 3.25. The van der Waals surface area contributed by atoms with Crippen molar-refractivity contribution in [2.75, 3.05) is 6.61 Å². The molecule has 0 bridgehead atoms. The second-order valence-corrected chi connectivity index (χ2v) is 4.45. The van der Waals surface area contributed by atoms with Crippen LogP contribution in [0.2, 0.25) is 0 Å². The first kappa shape index (κ1) is 11.6. The van der Waals surface area contributed by atoms with Crippen LogP contribution in [-0.2, 0) is 11.2 Å². The summed E-state index contributed by atoms with van der Waals surface area (Å²) < 4.78 is 5.74. The summed E-state index contributed by atoms with van der Waals surface area (Å²) in [7, 11) is 0. The van der Waals surface area contributed by atoms with E-state index in [4.69, 9.17) is 4.74 Å². The fraction of sp³-hybridized carbons (Fsp3) is 0.571. The highest BCUT2D eigenvalue weighted by molar-refractivity contribution is 5.32. The van der Waals surface area contributed by atoms with Crippen LogP contribution in [-0.4, -0.2) is 17.8 Å². The molecule has 88 valence electrons. The van der Waals surface area contributed by atoms with Crippen LogP contribution in [0, 0.1) is 0 Å². The minimum atomic E-state index is -0.443. The number of unbranched alkanes of at least 4 members (excludes halogenated alkanes) is 1. The molecule has 2 heteroatoms. The zero-order chi connectivity index (χ0) is 11.4. The fourth-order valence-electron chi connectivity index (χ4n) is 2.26. The van der Waals surface area contributed by atoms with E-state index in [1.807, 2.05) is 18.2 Å². The van der Waals surface area contributed by atoms with E-state index in [-0.39, 0.29) is 6.10 Å². The summed E-state index contributed by atoms with van der Waals surface area (Å²) in [4.78, 5) is 0. The van der Waals surface area contributed by atoms with E-state index < -0.39 is 6.10 Å². The van der Waals surface area contributed by atoms with Crippen LogP contribution in [0.15, 0.2) is 24.3 Å². The second-order valence-electron chi connectivity index (χ2n) is 4.45. The van der Waals surface area contributed by atoms with Crippen LogP contribution < -0.4 is 0 Å². The lowest BCUT2D eigenvalue weighted by atomic mass is 9.87. The van der Waals surface area contributed by atoms with E-state index in [0.717, 1.165) is 37.9 Å². The van der Waals surface area contributed by atoms with E-state index in [0.29, 0.717) is 0 Å². The zero-order valence-electron chi connectivity index (χ0n) is 9.86. The molecule has 0 saturated heterocycles. The van der Waals surface area contributed by atoms with E-state index >= 15 is 0 Å². The summed E-state index contributed by atoms with van der Waals surface area (Å²) in [6, 6.07) is 8.12. The first-order valence-electron chi connectivity index (χ1n) is 6.20. The SMILES string of the molecule is CCCCOC1CCc2ccccc2C1O. The van der Waals surface area contributed by atoms with Gasteiger partial charge in [0, 0.05) is 6.61 Å². The Bertz CT molecular complexity index is 335. The van der Waals surface area contributed by atoms with Gasteiger partial charge < -0.3 is 9.84 Å². The van der Waals surface area contributed by atoms with Crippen molar-refractivity contribution in [2.45, 2.75) is 44.8 Å². The summed E-state index contributed by atoms with van der Waals surface area (Å²) in [6.45, 7) is 2.91. The molecular formula is C14H20O2. The second kappa shape index (κ2) is 5.46. The van der Waals surface area contributed by atoms with Gasteiger partial charge in [0.25, 0.3) is 0 Å². The van der Waals surface area contributed by atoms with Crippen molar-refractivity contribution >= 4 is 0 Å². The third kappa shape index (κ3) is 2.45. The first-order chi connectivity index (χ1) is 7.83. The van der Waals surface area contributed by atoms with Crippen molar-refractivity contribution in [2.24, 2.45) is 0 Å². The lowest BCUT2D eigenvalue weighted by Crippen LogP contribution is -2.28. The highest BCUT2D eigenvalue weighted by Crippen LogP contribution is 2.31. The molecule has 0 amide bonds. The van der Waals surface area contributed by atoms with E-state index in [1.165, 1.54) is 5.56 Å². The number of hydrogen-bond acceptors (Lipinski definition) is 2. The zero-order valence-corrected chi connectivity index (χ0v) is 9.86. The largest absolute Gasteiger partial charge is 0.386 e. The number of ether oxygens (including phenoxy) is 1. The monoisotopic (exact) mass is 220 g/mol. The van der Waals surface area contributed by atoms with Gasteiger partial charge in [0.2, 0.25) is 0 Å². The molecule has 1 aromatic carbocycles. The van der Waals surface area contributed by atoms with Crippen LogP contribution in [0.5, 0.6) is 0 Å². The van der Waals surface area contributed by atoms with E-state index in [2.05, 4.69) is 13.0 Å². The average molecular weight is 220 g/mol. The quantitative estimate of drug-likeness (QED) is 0.791. The standard InChI is InChI=1S/C14H20O2/c1-2-3-10-16-13-9-8-11-6-4-5-7-12(11)14(13)15/h4-7,13-15H,2-3,8-10H2,1H3. The van der Waals surface area contributed by atoms with Gasteiger partial charge >= 0.3 is 0 Å². The van der Waals surface area contributed by atoms with Gasteiger partial charge in [0.05, 0.1) is 6.10 Å². The Morgan fingerprint density at radius 3 is 3.00 bits per heavy atom. The molecule has 2 atom stereocenters. The Balaban J connectivity index is 2.00. The van der Waals surface area contributed by atoms with Crippen molar-refractivity contribution < 1.29 is 9.84 Å². The van der Waals surface area contributed by atoms with Crippen molar-refractivity contribution in [3.8, 4) is 0 Å². The Kier molecular flexibility index (Phi) is 3.97. The molecule has 0 aliphatic heterocycles. The van der Waals surface area contributed by atoms with E-state index in [9.17, 15) is 5.11 Å². The lowest BCUT2D eigenvalue weighted by Gasteiger charge is -2.30. The molecule has 0 heterocycles. The first-order valence-corrected chi connectivity index (χ1v) is 6.20.